The van der Waals surface area contributed by atoms with E-state index in [4.69, 9.17) is 4.74 Å². The van der Waals surface area contributed by atoms with Crippen LogP contribution in [0, 0.1) is 0 Å². The van der Waals surface area contributed by atoms with Gasteiger partial charge in [0.25, 0.3) is 0 Å². The molecule has 5 nitrogen and oxygen atoms in total. The highest BCUT2D eigenvalue weighted by Crippen LogP contribution is 2.22. The van der Waals surface area contributed by atoms with Crippen LogP contribution in [0.15, 0.2) is 34.7 Å². The molecule has 0 aromatic carbocycles. The lowest BCUT2D eigenvalue weighted by molar-refractivity contribution is -0.138. The fourth-order valence-electron chi connectivity index (χ4n) is 1.49. The van der Waals surface area contributed by atoms with E-state index in [1.807, 2.05) is 12.1 Å². The van der Waals surface area contributed by atoms with Gasteiger partial charge >= 0.3 is 5.97 Å². The highest BCUT2D eigenvalue weighted by molar-refractivity contribution is 9.10. The van der Waals surface area contributed by atoms with E-state index >= 15 is 0 Å². The van der Waals surface area contributed by atoms with Gasteiger partial charge in [-0.1, -0.05) is 0 Å². The summed E-state index contributed by atoms with van der Waals surface area (Å²) < 4.78 is 5.78. The van der Waals surface area contributed by atoms with Crippen LogP contribution in [0.2, 0.25) is 0 Å². The van der Waals surface area contributed by atoms with Crippen molar-refractivity contribution < 1.29 is 9.53 Å². The number of nitrogens with one attached hydrogen (secondary N) is 2. The molecule has 0 radical (unpaired) electrons. The standard InChI is InChI=1S/C11H12BrN3O2/c1-2-17-11(16)8-6-14-10(15-8)9-7(12)4-3-5-13-9/h3-6,10,14-15H,2H2,1H3. The molecule has 2 rings (SSSR count). The monoisotopic (exact) mass is 297 g/mol. The van der Waals surface area contributed by atoms with E-state index in [-0.39, 0.29) is 12.1 Å². The predicted molar refractivity (Wildman–Crippen MR) is 65.7 cm³/mol. The fraction of sp³-hybridized carbons (Fsp3) is 0.273. The maximum Gasteiger partial charge on any atom is 0.355 e. The molecule has 6 heteroatoms. The van der Waals surface area contributed by atoms with Crippen LogP contribution >= 0.6 is 15.9 Å². The van der Waals surface area contributed by atoms with Crippen molar-refractivity contribution in [3.63, 3.8) is 0 Å². The molecule has 1 aromatic rings. The average Bonchev–Trinajstić information content (AvgIpc) is 2.79. The number of carbonyl (C=O) groups is 1. The van der Waals surface area contributed by atoms with Gasteiger partial charge in [0.2, 0.25) is 0 Å². The summed E-state index contributed by atoms with van der Waals surface area (Å²) in [5.74, 6) is -0.366. The molecular weight excluding hydrogens is 286 g/mol. The van der Waals surface area contributed by atoms with Crippen molar-refractivity contribution in [3.8, 4) is 0 Å². The lowest BCUT2D eigenvalue weighted by atomic mass is 10.3. The predicted octanol–water partition coefficient (Wildman–Crippen LogP) is 1.44. The average molecular weight is 298 g/mol. The van der Waals surface area contributed by atoms with E-state index in [9.17, 15) is 4.79 Å². The van der Waals surface area contributed by atoms with E-state index in [0.717, 1.165) is 10.2 Å². The minimum atomic E-state index is -0.366. The van der Waals surface area contributed by atoms with Gasteiger partial charge in [-0.05, 0) is 35.0 Å². The van der Waals surface area contributed by atoms with Crippen molar-refractivity contribution >= 4 is 21.9 Å². The molecule has 1 aliphatic heterocycles. The lowest BCUT2D eigenvalue weighted by Crippen LogP contribution is -2.26. The van der Waals surface area contributed by atoms with Crippen LogP contribution in [0.25, 0.3) is 0 Å². The number of hydrogen-bond acceptors (Lipinski definition) is 5. The summed E-state index contributed by atoms with van der Waals surface area (Å²) in [6.45, 7) is 2.13. The first-order valence-corrected chi connectivity index (χ1v) is 6.02. The second-order valence-corrected chi connectivity index (χ2v) is 4.25. The van der Waals surface area contributed by atoms with Gasteiger partial charge in [0.1, 0.15) is 11.9 Å². The second kappa shape index (κ2) is 5.18. The minimum absolute atomic E-state index is 0.218. The summed E-state index contributed by atoms with van der Waals surface area (Å²) in [6, 6.07) is 3.73. The molecule has 0 spiro atoms. The Labute approximate surface area is 107 Å². The van der Waals surface area contributed by atoms with Crippen LogP contribution in [0.4, 0.5) is 0 Å². The zero-order valence-electron chi connectivity index (χ0n) is 9.24. The van der Waals surface area contributed by atoms with Crippen molar-refractivity contribution in [1.29, 1.82) is 0 Å². The highest BCUT2D eigenvalue weighted by atomic mass is 79.9. The number of esters is 1. The van der Waals surface area contributed by atoms with Gasteiger partial charge < -0.3 is 15.4 Å². The molecule has 0 saturated carbocycles. The molecule has 1 aromatic heterocycles. The molecule has 90 valence electrons. The van der Waals surface area contributed by atoms with E-state index in [2.05, 4.69) is 31.5 Å². The SMILES string of the molecule is CCOC(=O)C1=CNC(c2ncccc2Br)N1. The Morgan fingerprint density at radius 1 is 1.65 bits per heavy atom. The molecule has 0 fully saturated rings. The summed E-state index contributed by atoms with van der Waals surface area (Å²) in [5, 5.41) is 6.05. The van der Waals surface area contributed by atoms with Crippen LogP contribution < -0.4 is 10.6 Å². The van der Waals surface area contributed by atoms with Crippen LogP contribution in [-0.4, -0.2) is 17.6 Å². The molecule has 1 aliphatic rings. The first-order valence-electron chi connectivity index (χ1n) is 5.22. The Kier molecular flexibility index (Phi) is 3.63. The highest BCUT2D eigenvalue weighted by Gasteiger charge is 2.24. The summed E-state index contributed by atoms with van der Waals surface area (Å²) in [7, 11) is 0. The Hall–Kier alpha value is -1.56. The number of pyridine rings is 1. The van der Waals surface area contributed by atoms with Crippen molar-refractivity contribution in [1.82, 2.24) is 15.6 Å². The van der Waals surface area contributed by atoms with Crippen LogP contribution in [0.5, 0.6) is 0 Å². The zero-order valence-corrected chi connectivity index (χ0v) is 10.8. The lowest BCUT2D eigenvalue weighted by Gasteiger charge is -2.14. The zero-order chi connectivity index (χ0) is 12.3. The van der Waals surface area contributed by atoms with Gasteiger partial charge in [-0.2, -0.15) is 0 Å². The molecule has 2 N–H and O–H groups in total. The summed E-state index contributed by atoms with van der Waals surface area (Å²) in [6.07, 6.45) is 3.08. The van der Waals surface area contributed by atoms with Gasteiger partial charge in [0.05, 0.1) is 12.3 Å². The Morgan fingerprint density at radius 3 is 3.18 bits per heavy atom. The Bertz CT molecular complexity index is 462. The summed E-state index contributed by atoms with van der Waals surface area (Å²) in [4.78, 5) is 15.7. The maximum atomic E-state index is 11.5. The van der Waals surface area contributed by atoms with Crippen LogP contribution in [0.1, 0.15) is 18.8 Å². The number of aromatic nitrogens is 1. The first kappa shape index (κ1) is 11.9. The Balaban J connectivity index is 2.06. The molecule has 0 aliphatic carbocycles. The van der Waals surface area contributed by atoms with Crippen molar-refractivity contribution in [2.24, 2.45) is 0 Å². The van der Waals surface area contributed by atoms with Gasteiger partial charge in [-0.25, -0.2) is 4.79 Å². The van der Waals surface area contributed by atoms with E-state index in [1.54, 1.807) is 19.3 Å². The number of carbonyl (C=O) groups excluding carboxylic acids is 1. The number of rotatable bonds is 3. The smallest absolute Gasteiger partial charge is 0.355 e. The quantitative estimate of drug-likeness (QED) is 0.827. The van der Waals surface area contributed by atoms with E-state index in [0.29, 0.717) is 12.3 Å². The summed E-state index contributed by atoms with van der Waals surface area (Å²) in [5.41, 5.74) is 1.21. The molecule has 1 atom stereocenters. The largest absolute Gasteiger partial charge is 0.461 e. The fourth-order valence-corrected chi connectivity index (χ4v) is 1.97. The molecule has 0 saturated heterocycles. The molecule has 0 bridgehead atoms. The van der Waals surface area contributed by atoms with Crippen molar-refractivity contribution in [3.05, 3.63) is 40.4 Å². The second-order valence-electron chi connectivity index (χ2n) is 3.39. The molecule has 1 unspecified atom stereocenters. The van der Waals surface area contributed by atoms with Gasteiger partial charge in [-0.15, -0.1) is 0 Å². The third-order valence-corrected chi connectivity index (χ3v) is 2.92. The summed E-state index contributed by atoms with van der Waals surface area (Å²) >= 11 is 3.41. The molecule has 17 heavy (non-hydrogen) atoms. The first-order chi connectivity index (χ1) is 8.22. The third kappa shape index (κ3) is 2.58. The van der Waals surface area contributed by atoms with Crippen LogP contribution in [0.3, 0.4) is 0 Å². The van der Waals surface area contributed by atoms with Gasteiger partial charge in [-0.3, -0.25) is 4.98 Å². The van der Waals surface area contributed by atoms with Crippen LogP contribution in [-0.2, 0) is 9.53 Å². The third-order valence-electron chi connectivity index (χ3n) is 2.25. The molecule has 0 amide bonds. The van der Waals surface area contributed by atoms with E-state index < -0.39 is 0 Å². The number of hydrogen-bond donors (Lipinski definition) is 2. The number of halogens is 1. The van der Waals surface area contributed by atoms with Gasteiger partial charge in [0.15, 0.2) is 0 Å². The molecule has 2 heterocycles. The molecular formula is C11H12BrN3O2. The maximum absolute atomic E-state index is 11.5. The Morgan fingerprint density at radius 2 is 2.47 bits per heavy atom. The normalized spacial score (nSPS) is 18.0. The topological polar surface area (TPSA) is 63.2 Å². The minimum Gasteiger partial charge on any atom is -0.461 e. The van der Waals surface area contributed by atoms with Gasteiger partial charge in [0, 0.05) is 16.9 Å². The number of nitrogens with zero attached hydrogens (tertiary/aromatic N) is 1. The number of ether oxygens (including phenoxy) is 1. The van der Waals surface area contributed by atoms with Crippen molar-refractivity contribution in [2.45, 2.75) is 13.1 Å². The van der Waals surface area contributed by atoms with E-state index in [1.165, 1.54) is 0 Å². The van der Waals surface area contributed by atoms with Crippen molar-refractivity contribution in [2.75, 3.05) is 6.61 Å².